The van der Waals surface area contributed by atoms with Gasteiger partial charge in [-0.3, -0.25) is 14.4 Å². The summed E-state index contributed by atoms with van der Waals surface area (Å²) in [5.74, 6) is -1.51. The average Bonchev–Trinajstić information content (AvgIpc) is 3.15. The Balaban J connectivity index is 1.50. The van der Waals surface area contributed by atoms with Crippen molar-refractivity contribution in [3.8, 4) is 0 Å². The van der Waals surface area contributed by atoms with Crippen LogP contribution in [0.4, 0.5) is 0 Å². The third kappa shape index (κ3) is 5.26. The number of benzene rings is 2. The number of aryl methyl sites for hydroxylation is 1. The largest absolute Gasteiger partial charge is 0.452 e. The summed E-state index contributed by atoms with van der Waals surface area (Å²) in [6.45, 7) is 6.15. The summed E-state index contributed by atoms with van der Waals surface area (Å²) >= 11 is 0. The van der Waals surface area contributed by atoms with Gasteiger partial charge in [0.05, 0.1) is 12.0 Å². The van der Waals surface area contributed by atoms with Crippen molar-refractivity contribution >= 4 is 17.8 Å². The molecule has 158 valence electrons. The summed E-state index contributed by atoms with van der Waals surface area (Å²) in [5.41, 5.74) is 3.14. The van der Waals surface area contributed by atoms with E-state index in [1.165, 1.54) is 0 Å². The van der Waals surface area contributed by atoms with E-state index in [4.69, 9.17) is 4.74 Å². The third-order valence-electron chi connectivity index (χ3n) is 5.49. The molecule has 0 radical (unpaired) electrons. The van der Waals surface area contributed by atoms with Crippen LogP contribution in [0.15, 0.2) is 54.6 Å². The fourth-order valence-corrected chi connectivity index (χ4v) is 3.54. The summed E-state index contributed by atoms with van der Waals surface area (Å²) in [6, 6.07) is 17.4. The summed E-state index contributed by atoms with van der Waals surface area (Å²) in [5, 5.41) is 2.78. The molecule has 0 saturated carbocycles. The molecule has 0 aromatic heterocycles. The maximum Gasteiger partial charge on any atom is 0.312 e. The second-order valence-corrected chi connectivity index (χ2v) is 7.82. The van der Waals surface area contributed by atoms with Crippen LogP contribution in [-0.2, 0) is 25.7 Å². The molecule has 6 nitrogen and oxygen atoms in total. The van der Waals surface area contributed by atoms with Crippen LogP contribution in [0.1, 0.15) is 43.0 Å². The summed E-state index contributed by atoms with van der Waals surface area (Å²) in [7, 11) is 0. The summed E-state index contributed by atoms with van der Waals surface area (Å²) in [4.78, 5) is 39.0. The number of likely N-dealkylation sites (tertiary alicyclic amines) is 1. The molecule has 1 aliphatic heterocycles. The molecule has 1 fully saturated rings. The fourth-order valence-electron chi connectivity index (χ4n) is 3.54. The Morgan fingerprint density at radius 3 is 2.43 bits per heavy atom. The minimum Gasteiger partial charge on any atom is -0.452 e. The van der Waals surface area contributed by atoms with E-state index in [1.54, 1.807) is 11.8 Å². The molecule has 1 saturated heterocycles. The van der Waals surface area contributed by atoms with E-state index >= 15 is 0 Å². The van der Waals surface area contributed by atoms with E-state index in [0.717, 1.165) is 16.7 Å². The quantitative estimate of drug-likeness (QED) is 0.714. The standard InChI is InChI=1S/C24H28N2O4/c1-16-9-11-19(12-10-16)14-25-23(28)18(3)30-24(29)21-13-22(27)26(15-21)17(2)20-7-5-4-6-8-20/h4-12,17-18,21H,13-15H2,1-3H3,(H,25,28)/t17-,18+,21-/m0/s1. The van der Waals surface area contributed by atoms with Crippen molar-refractivity contribution in [1.29, 1.82) is 0 Å². The van der Waals surface area contributed by atoms with Crippen LogP contribution in [-0.4, -0.2) is 35.3 Å². The molecule has 2 amide bonds. The van der Waals surface area contributed by atoms with Crippen LogP contribution in [0, 0.1) is 12.8 Å². The first kappa shape index (κ1) is 21.6. The Bertz CT molecular complexity index is 895. The van der Waals surface area contributed by atoms with Gasteiger partial charge in [-0.05, 0) is 31.9 Å². The maximum atomic E-state index is 12.5. The van der Waals surface area contributed by atoms with Gasteiger partial charge < -0.3 is 15.0 Å². The Hall–Kier alpha value is -3.15. The highest BCUT2D eigenvalue weighted by molar-refractivity contribution is 5.89. The zero-order chi connectivity index (χ0) is 21.7. The van der Waals surface area contributed by atoms with Gasteiger partial charge in [-0.2, -0.15) is 0 Å². The van der Waals surface area contributed by atoms with Crippen LogP contribution >= 0.6 is 0 Å². The van der Waals surface area contributed by atoms with Crippen molar-refractivity contribution in [2.24, 2.45) is 5.92 Å². The number of hydrogen-bond donors (Lipinski definition) is 1. The lowest BCUT2D eigenvalue weighted by molar-refractivity contribution is -0.158. The van der Waals surface area contributed by atoms with Gasteiger partial charge in [-0.1, -0.05) is 60.2 Å². The van der Waals surface area contributed by atoms with Crippen molar-refractivity contribution in [3.63, 3.8) is 0 Å². The van der Waals surface area contributed by atoms with E-state index in [2.05, 4.69) is 5.32 Å². The number of esters is 1. The number of amides is 2. The van der Waals surface area contributed by atoms with Crippen LogP contribution < -0.4 is 5.32 Å². The van der Waals surface area contributed by atoms with Gasteiger partial charge in [-0.15, -0.1) is 0 Å². The normalized spacial score (nSPS) is 18.0. The zero-order valence-corrected chi connectivity index (χ0v) is 17.6. The van der Waals surface area contributed by atoms with Gasteiger partial charge in [0.2, 0.25) is 5.91 Å². The predicted molar refractivity (Wildman–Crippen MR) is 113 cm³/mol. The van der Waals surface area contributed by atoms with Crippen LogP contribution in [0.25, 0.3) is 0 Å². The van der Waals surface area contributed by atoms with Gasteiger partial charge in [-0.25, -0.2) is 0 Å². The summed E-state index contributed by atoms with van der Waals surface area (Å²) < 4.78 is 5.36. The molecule has 30 heavy (non-hydrogen) atoms. The van der Waals surface area contributed by atoms with Crippen molar-refractivity contribution < 1.29 is 19.1 Å². The maximum absolute atomic E-state index is 12.5. The zero-order valence-electron chi connectivity index (χ0n) is 17.6. The number of nitrogens with zero attached hydrogens (tertiary/aromatic N) is 1. The van der Waals surface area contributed by atoms with E-state index in [0.29, 0.717) is 13.1 Å². The second kappa shape index (κ2) is 9.57. The Morgan fingerprint density at radius 1 is 1.10 bits per heavy atom. The average molecular weight is 408 g/mol. The number of nitrogens with one attached hydrogen (secondary N) is 1. The lowest BCUT2D eigenvalue weighted by Gasteiger charge is -2.25. The van der Waals surface area contributed by atoms with Crippen molar-refractivity contribution in [2.75, 3.05) is 6.54 Å². The topological polar surface area (TPSA) is 75.7 Å². The molecule has 0 bridgehead atoms. The molecule has 1 aliphatic rings. The van der Waals surface area contributed by atoms with Gasteiger partial charge >= 0.3 is 5.97 Å². The highest BCUT2D eigenvalue weighted by Crippen LogP contribution is 2.29. The van der Waals surface area contributed by atoms with E-state index in [-0.39, 0.29) is 24.3 Å². The molecule has 2 aromatic rings. The molecule has 2 aromatic carbocycles. The molecule has 0 unspecified atom stereocenters. The Kier molecular flexibility index (Phi) is 6.87. The number of carbonyl (C=O) groups excluding carboxylic acids is 3. The van der Waals surface area contributed by atoms with Crippen LogP contribution in [0.3, 0.4) is 0 Å². The lowest BCUT2D eigenvalue weighted by Crippen LogP contribution is -2.37. The lowest BCUT2D eigenvalue weighted by atomic mass is 10.1. The second-order valence-electron chi connectivity index (χ2n) is 7.82. The smallest absolute Gasteiger partial charge is 0.312 e. The number of hydrogen-bond acceptors (Lipinski definition) is 4. The van der Waals surface area contributed by atoms with Crippen LogP contribution in [0.5, 0.6) is 0 Å². The molecule has 0 aliphatic carbocycles. The first-order valence-electron chi connectivity index (χ1n) is 10.2. The molecule has 1 heterocycles. The monoisotopic (exact) mass is 408 g/mol. The van der Waals surface area contributed by atoms with Crippen LogP contribution in [0.2, 0.25) is 0 Å². The van der Waals surface area contributed by atoms with Crippen molar-refractivity contribution in [1.82, 2.24) is 10.2 Å². The number of carbonyl (C=O) groups is 3. The molecular weight excluding hydrogens is 380 g/mol. The minimum absolute atomic E-state index is 0.0789. The molecule has 6 heteroatoms. The molecule has 1 N–H and O–H groups in total. The minimum atomic E-state index is -0.918. The predicted octanol–water partition coefficient (Wildman–Crippen LogP) is 3.15. The molecule has 3 atom stereocenters. The Morgan fingerprint density at radius 2 is 1.77 bits per heavy atom. The van der Waals surface area contributed by atoms with Gasteiger partial charge in [0.1, 0.15) is 0 Å². The van der Waals surface area contributed by atoms with E-state index in [1.807, 2.05) is 68.4 Å². The molecule has 3 rings (SSSR count). The molecular formula is C24H28N2O4. The first-order chi connectivity index (χ1) is 14.3. The Labute approximate surface area is 177 Å². The first-order valence-corrected chi connectivity index (χ1v) is 10.2. The summed E-state index contributed by atoms with van der Waals surface area (Å²) in [6.07, 6.45) is -0.813. The van der Waals surface area contributed by atoms with Gasteiger partial charge in [0.25, 0.3) is 5.91 Å². The number of ether oxygens (including phenoxy) is 1. The fraction of sp³-hybridized carbons (Fsp3) is 0.375. The molecule has 0 spiro atoms. The van der Waals surface area contributed by atoms with Gasteiger partial charge in [0, 0.05) is 19.5 Å². The van der Waals surface area contributed by atoms with E-state index < -0.39 is 18.0 Å². The highest BCUT2D eigenvalue weighted by Gasteiger charge is 2.38. The highest BCUT2D eigenvalue weighted by atomic mass is 16.5. The third-order valence-corrected chi connectivity index (χ3v) is 5.49. The SMILES string of the molecule is Cc1ccc(CNC(=O)[C@@H](C)OC(=O)[C@H]2CC(=O)N([C@@H](C)c3ccccc3)C2)cc1. The van der Waals surface area contributed by atoms with Crippen molar-refractivity contribution in [2.45, 2.75) is 45.9 Å². The van der Waals surface area contributed by atoms with Gasteiger partial charge in [0.15, 0.2) is 6.10 Å². The number of rotatable bonds is 7. The van der Waals surface area contributed by atoms with E-state index in [9.17, 15) is 14.4 Å². The van der Waals surface area contributed by atoms with Crippen molar-refractivity contribution in [3.05, 3.63) is 71.3 Å².